The average Bonchev–Trinajstić information content (AvgIpc) is 2.44. The van der Waals surface area contributed by atoms with E-state index in [-0.39, 0.29) is 5.56 Å². The Morgan fingerprint density at radius 1 is 1.25 bits per heavy atom. The van der Waals surface area contributed by atoms with Crippen molar-refractivity contribution in [3.63, 3.8) is 0 Å². The van der Waals surface area contributed by atoms with Gasteiger partial charge in [0.15, 0.2) is 5.60 Å². The Bertz CT molecular complexity index is 480. The zero-order valence-corrected chi connectivity index (χ0v) is 10.5. The fourth-order valence-electron chi connectivity index (χ4n) is 1.47. The first-order valence-electron chi connectivity index (χ1n) is 5.61. The second-order valence-corrected chi connectivity index (χ2v) is 4.28. The Balaban J connectivity index is 2.97. The van der Waals surface area contributed by atoms with E-state index in [0.717, 1.165) is 5.48 Å². The maximum Gasteiger partial charge on any atom is 0.269 e. The molecule has 1 aromatic rings. The van der Waals surface area contributed by atoms with E-state index in [2.05, 4.69) is 0 Å². The van der Waals surface area contributed by atoms with Crippen molar-refractivity contribution in [2.75, 3.05) is 0 Å². The van der Waals surface area contributed by atoms with Crippen molar-refractivity contribution >= 4 is 11.8 Å². The molecule has 2 amide bonds. The normalized spacial score (nSPS) is 15.3. The summed E-state index contributed by atoms with van der Waals surface area (Å²) in [6.45, 7) is 0.683. The maximum atomic E-state index is 12.7. The van der Waals surface area contributed by atoms with Gasteiger partial charge < -0.3 is 10.4 Å². The molecule has 0 heterocycles. The molecule has 2 atom stereocenters. The summed E-state index contributed by atoms with van der Waals surface area (Å²) in [5.74, 6) is -2.18. The fourth-order valence-corrected chi connectivity index (χ4v) is 1.47. The maximum absolute atomic E-state index is 12.7. The minimum Gasteiger partial charge on any atom is -0.381 e. The summed E-state index contributed by atoms with van der Waals surface area (Å²) in [6.07, 6.45) is -3.30. The van der Waals surface area contributed by atoms with Crippen LogP contribution < -0.4 is 10.8 Å². The van der Waals surface area contributed by atoms with Crippen LogP contribution in [0.3, 0.4) is 0 Å². The van der Waals surface area contributed by atoms with Gasteiger partial charge in [-0.3, -0.25) is 14.8 Å². The van der Waals surface area contributed by atoms with E-state index in [1.807, 2.05) is 5.32 Å². The molecule has 0 aliphatic heterocycles. The molecule has 0 saturated heterocycles. The van der Waals surface area contributed by atoms with Gasteiger partial charge in [0.25, 0.3) is 18.2 Å². The van der Waals surface area contributed by atoms with Crippen molar-refractivity contribution in [2.45, 2.75) is 25.0 Å². The van der Waals surface area contributed by atoms with Crippen LogP contribution in [0, 0.1) is 0 Å². The van der Waals surface area contributed by atoms with Crippen LogP contribution in [0.1, 0.15) is 17.3 Å². The standard InChI is InChI=1S/C12H14F2N2O4/c1-12(19,11(13)14)8(10(18)16-20)15-9(17)7-5-3-2-4-6-7/h2-6,8,11,19-20H,1H3,(H,15,17)(H,16,18)/t8-,12+/m1/s1. The van der Waals surface area contributed by atoms with E-state index in [1.165, 1.54) is 12.1 Å². The summed E-state index contributed by atoms with van der Waals surface area (Å²) in [5, 5.41) is 20.1. The van der Waals surface area contributed by atoms with E-state index >= 15 is 0 Å². The average molecular weight is 288 g/mol. The Hall–Kier alpha value is -2.06. The first-order chi connectivity index (χ1) is 9.30. The molecule has 110 valence electrons. The second kappa shape index (κ2) is 6.40. The van der Waals surface area contributed by atoms with Crippen molar-refractivity contribution in [1.82, 2.24) is 10.8 Å². The highest BCUT2D eigenvalue weighted by molar-refractivity contribution is 5.97. The highest BCUT2D eigenvalue weighted by Crippen LogP contribution is 2.20. The zero-order chi connectivity index (χ0) is 15.3. The number of hydrogen-bond donors (Lipinski definition) is 4. The van der Waals surface area contributed by atoms with Gasteiger partial charge in [0.1, 0.15) is 6.04 Å². The minimum atomic E-state index is -3.30. The molecular weight excluding hydrogens is 274 g/mol. The summed E-state index contributed by atoms with van der Waals surface area (Å²) in [5.41, 5.74) is -1.58. The van der Waals surface area contributed by atoms with Crippen LogP contribution in [0.25, 0.3) is 0 Å². The molecule has 8 heteroatoms. The number of alkyl halides is 2. The quantitative estimate of drug-likeness (QED) is 0.463. The molecule has 0 aromatic heterocycles. The van der Waals surface area contributed by atoms with Crippen LogP contribution in [0.5, 0.6) is 0 Å². The van der Waals surface area contributed by atoms with Crippen molar-refractivity contribution in [3.05, 3.63) is 35.9 Å². The highest BCUT2D eigenvalue weighted by Gasteiger charge is 2.46. The molecule has 20 heavy (non-hydrogen) atoms. The number of aliphatic hydroxyl groups is 1. The molecule has 6 nitrogen and oxygen atoms in total. The lowest BCUT2D eigenvalue weighted by atomic mass is 9.95. The van der Waals surface area contributed by atoms with Gasteiger partial charge in [0.2, 0.25) is 0 Å². The van der Waals surface area contributed by atoms with Crippen LogP contribution in [0.15, 0.2) is 30.3 Å². The van der Waals surface area contributed by atoms with Gasteiger partial charge in [-0.05, 0) is 19.1 Å². The van der Waals surface area contributed by atoms with E-state index in [0.29, 0.717) is 6.92 Å². The predicted octanol–water partition coefficient (Wildman–Crippen LogP) is 0.306. The lowest BCUT2D eigenvalue weighted by Crippen LogP contribution is -2.61. The third-order valence-electron chi connectivity index (χ3n) is 2.71. The summed E-state index contributed by atoms with van der Waals surface area (Å²) in [4.78, 5) is 23.2. The van der Waals surface area contributed by atoms with Crippen LogP contribution in [-0.2, 0) is 4.79 Å². The summed E-state index contributed by atoms with van der Waals surface area (Å²) >= 11 is 0. The number of hydrogen-bond acceptors (Lipinski definition) is 4. The number of carbonyl (C=O) groups is 2. The molecule has 4 N–H and O–H groups in total. The van der Waals surface area contributed by atoms with E-state index in [9.17, 15) is 23.5 Å². The highest BCUT2D eigenvalue weighted by atomic mass is 19.3. The molecule has 0 aliphatic carbocycles. The minimum absolute atomic E-state index is 0.119. The SMILES string of the molecule is C[C@@](O)(C(F)F)[C@H](NC(=O)c1ccccc1)C(=O)NO. The number of hydroxylamine groups is 1. The smallest absolute Gasteiger partial charge is 0.269 e. The Labute approximate surface area is 113 Å². The molecule has 0 saturated carbocycles. The zero-order valence-electron chi connectivity index (χ0n) is 10.5. The monoisotopic (exact) mass is 288 g/mol. The Morgan fingerprint density at radius 2 is 1.80 bits per heavy atom. The molecule has 1 rings (SSSR count). The topological polar surface area (TPSA) is 98.7 Å². The Kier molecular flexibility index (Phi) is 5.12. The molecular formula is C12H14F2N2O4. The molecule has 0 radical (unpaired) electrons. The number of benzene rings is 1. The largest absolute Gasteiger partial charge is 0.381 e. The van der Waals surface area contributed by atoms with Crippen molar-refractivity contribution in [2.24, 2.45) is 0 Å². The number of nitrogens with one attached hydrogen (secondary N) is 2. The summed E-state index contributed by atoms with van der Waals surface area (Å²) < 4.78 is 25.5. The number of halogens is 2. The number of amides is 2. The molecule has 0 aliphatic rings. The van der Waals surface area contributed by atoms with Crippen LogP contribution >= 0.6 is 0 Å². The first-order valence-corrected chi connectivity index (χ1v) is 5.61. The number of rotatable bonds is 5. The van der Waals surface area contributed by atoms with E-state index < -0.39 is 29.9 Å². The van der Waals surface area contributed by atoms with Gasteiger partial charge in [-0.2, -0.15) is 0 Å². The third kappa shape index (κ3) is 3.49. The van der Waals surface area contributed by atoms with Gasteiger partial charge >= 0.3 is 0 Å². The van der Waals surface area contributed by atoms with Gasteiger partial charge in [-0.1, -0.05) is 18.2 Å². The first kappa shape index (κ1) is 16.0. The van der Waals surface area contributed by atoms with Crippen LogP contribution in [0.2, 0.25) is 0 Å². The van der Waals surface area contributed by atoms with Gasteiger partial charge in [0, 0.05) is 5.56 Å². The lowest BCUT2D eigenvalue weighted by Gasteiger charge is -2.30. The van der Waals surface area contributed by atoms with Crippen molar-refractivity contribution < 1.29 is 28.7 Å². The van der Waals surface area contributed by atoms with Crippen molar-refractivity contribution in [1.29, 1.82) is 0 Å². The lowest BCUT2D eigenvalue weighted by molar-refractivity contribution is -0.149. The van der Waals surface area contributed by atoms with Gasteiger partial charge in [0.05, 0.1) is 0 Å². The van der Waals surface area contributed by atoms with Crippen LogP contribution in [0.4, 0.5) is 8.78 Å². The summed E-state index contributed by atoms with van der Waals surface area (Å²) in [6, 6.07) is 5.52. The molecule has 0 spiro atoms. The second-order valence-electron chi connectivity index (χ2n) is 4.28. The molecule has 1 aromatic carbocycles. The Morgan fingerprint density at radius 3 is 2.25 bits per heavy atom. The summed E-state index contributed by atoms with van der Waals surface area (Å²) in [7, 11) is 0. The van der Waals surface area contributed by atoms with Crippen LogP contribution in [-0.4, -0.2) is 40.2 Å². The van der Waals surface area contributed by atoms with Gasteiger partial charge in [-0.15, -0.1) is 0 Å². The molecule has 0 fully saturated rings. The molecule has 0 unspecified atom stereocenters. The van der Waals surface area contributed by atoms with E-state index in [4.69, 9.17) is 5.21 Å². The fraction of sp³-hybridized carbons (Fsp3) is 0.333. The molecule has 0 bridgehead atoms. The predicted molar refractivity (Wildman–Crippen MR) is 64.3 cm³/mol. The third-order valence-corrected chi connectivity index (χ3v) is 2.71. The van der Waals surface area contributed by atoms with E-state index in [1.54, 1.807) is 18.2 Å². The van der Waals surface area contributed by atoms with Gasteiger partial charge in [-0.25, -0.2) is 14.3 Å². The van der Waals surface area contributed by atoms with Crippen molar-refractivity contribution in [3.8, 4) is 0 Å². The number of carbonyl (C=O) groups excluding carboxylic acids is 2.